The summed E-state index contributed by atoms with van der Waals surface area (Å²) in [6.45, 7) is 4.18. The molecule has 9 heteroatoms. The minimum absolute atomic E-state index is 0.00133. The maximum Gasteiger partial charge on any atom is 0.272 e. The minimum Gasteiger partial charge on any atom is -0.379 e. The van der Waals surface area contributed by atoms with E-state index >= 15 is 0 Å². The first kappa shape index (κ1) is 19.5. The van der Waals surface area contributed by atoms with Crippen LogP contribution in [0.2, 0.25) is 0 Å². The van der Waals surface area contributed by atoms with Gasteiger partial charge in [-0.3, -0.25) is 4.79 Å². The van der Waals surface area contributed by atoms with E-state index in [-0.39, 0.29) is 16.4 Å². The van der Waals surface area contributed by atoms with E-state index in [1.165, 1.54) is 35.0 Å². The molecule has 0 saturated carbocycles. The molecule has 0 spiro atoms. The highest BCUT2D eigenvalue weighted by molar-refractivity contribution is 7.89. The normalized spacial score (nSPS) is 20.0. The average Bonchev–Trinajstić information content (AvgIpc) is 3.17. The standard InChI is InChI=1S/C18H22FN3O4S/c1-12-8-13(4-5-15(12)19)20-17(23)16-9-14(10-22(16)3)27(24,25)21-18(2)6-7-26-11-18/h4-5,8-10,21H,6-7,11H2,1-3H3,(H,20,23). The molecule has 3 rings (SSSR count). The second-order valence-electron chi connectivity index (χ2n) is 7.06. The second kappa shape index (κ2) is 7.06. The van der Waals surface area contributed by atoms with Gasteiger partial charge in [-0.25, -0.2) is 17.5 Å². The van der Waals surface area contributed by atoms with Gasteiger partial charge in [0.05, 0.1) is 12.1 Å². The van der Waals surface area contributed by atoms with Crippen molar-refractivity contribution in [2.24, 2.45) is 7.05 Å². The molecule has 7 nitrogen and oxygen atoms in total. The van der Waals surface area contributed by atoms with Gasteiger partial charge in [0.2, 0.25) is 10.0 Å². The van der Waals surface area contributed by atoms with E-state index in [4.69, 9.17) is 4.74 Å². The van der Waals surface area contributed by atoms with Crippen molar-refractivity contribution in [1.82, 2.24) is 9.29 Å². The number of nitrogens with zero attached hydrogens (tertiary/aromatic N) is 1. The summed E-state index contributed by atoms with van der Waals surface area (Å²) in [5.74, 6) is -0.851. The number of amides is 1. The van der Waals surface area contributed by atoms with E-state index in [1.807, 2.05) is 0 Å². The summed E-state index contributed by atoms with van der Waals surface area (Å²) in [7, 11) is -2.22. The molecule has 27 heavy (non-hydrogen) atoms. The highest BCUT2D eigenvalue weighted by atomic mass is 32.2. The van der Waals surface area contributed by atoms with E-state index in [0.717, 1.165) is 0 Å². The number of benzene rings is 1. The highest BCUT2D eigenvalue weighted by Gasteiger charge is 2.35. The average molecular weight is 395 g/mol. The van der Waals surface area contributed by atoms with Crippen LogP contribution >= 0.6 is 0 Å². The predicted octanol–water partition coefficient (Wildman–Crippen LogP) is 2.18. The van der Waals surface area contributed by atoms with Crippen molar-refractivity contribution in [3.8, 4) is 0 Å². The Balaban J connectivity index is 1.80. The third-order valence-corrected chi connectivity index (χ3v) is 6.14. The van der Waals surface area contributed by atoms with Crippen molar-refractivity contribution in [3.05, 3.63) is 47.5 Å². The summed E-state index contributed by atoms with van der Waals surface area (Å²) in [5.41, 5.74) is 0.338. The van der Waals surface area contributed by atoms with Gasteiger partial charge in [0.25, 0.3) is 5.91 Å². The van der Waals surface area contributed by atoms with Crippen LogP contribution in [0.5, 0.6) is 0 Å². The first-order valence-electron chi connectivity index (χ1n) is 8.45. The smallest absolute Gasteiger partial charge is 0.272 e. The predicted molar refractivity (Wildman–Crippen MR) is 98.7 cm³/mol. The molecule has 1 aromatic heterocycles. The van der Waals surface area contributed by atoms with Crippen LogP contribution in [0, 0.1) is 12.7 Å². The molecule has 2 heterocycles. The van der Waals surface area contributed by atoms with Gasteiger partial charge in [0, 0.05) is 25.5 Å². The third-order valence-electron chi connectivity index (χ3n) is 4.54. The van der Waals surface area contributed by atoms with Crippen molar-refractivity contribution in [1.29, 1.82) is 0 Å². The first-order valence-corrected chi connectivity index (χ1v) is 9.94. The Kier molecular flexibility index (Phi) is 5.11. The third kappa shape index (κ3) is 4.20. The zero-order valence-electron chi connectivity index (χ0n) is 15.4. The zero-order chi connectivity index (χ0) is 19.8. The Morgan fingerprint density at radius 1 is 1.33 bits per heavy atom. The molecular formula is C18H22FN3O4S. The summed E-state index contributed by atoms with van der Waals surface area (Å²) in [6, 6.07) is 5.53. The molecule has 146 valence electrons. The summed E-state index contributed by atoms with van der Waals surface area (Å²) in [5, 5.41) is 2.65. The Bertz CT molecular complexity index is 978. The monoisotopic (exact) mass is 395 g/mol. The quantitative estimate of drug-likeness (QED) is 0.812. The largest absolute Gasteiger partial charge is 0.379 e. The summed E-state index contributed by atoms with van der Waals surface area (Å²) in [4.78, 5) is 12.5. The van der Waals surface area contributed by atoms with E-state index in [0.29, 0.717) is 30.9 Å². The molecule has 1 fully saturated rings. The molecule has 1 aliphatic rings. The molecule has 1 amide bonds. The van der Waals surface area contributed by atoms with Gasteiger partial charge in [-0.2, -0.15) is 0 Å². The number of rotatable bonds is 5. The van der Waals surface area contributed by atoms with Gasteiger partial charge in [-0.15, -0.1) is 0 Å². The number of aromatic nitrogens is 1. The number of anilines is 1. The molecule has 0 aliphatic carbocycles. The Hall–Kier alpha value is -2.23. The van der Waals surface area contributed by atoms with Crippen LogP contribution in [0.3, 0.4) is 0 Å². The fraction of sp³-hybridized carbons (Fsp3) is 0.389. The zero-order valence-corrected chi connectivity index (χ0v) is 16.2. The first-order chi connectivity index (χ1) is 12.6. The van der Waals surface area contributed by atoms with Crippen molar-refractivity contribution in [3.63, 3.8) is 0 Å². The van der Waals surface area contributed by atoms with Crippen LogP contribution in [0.15, 0.2) is 35.4 Å². The van der Waals surface area contributed by atoms with Crippen LogP contribution in [0.25, 0.3) is 0 Å². The number of hydrogen-bond acceptors (Lipinski definition) is 4. The summed E-state index contributed by atoms with van der Waals surface area (Å²) >= 11 is 0. The van der Waals surface area contributed by atoms with Gasteiger partial charge in [-0.05, 0) is 50.1 Å². The SMILES string of the molecule is Cc1cc(NC(=O)c2cc(S(=O)(=O)NC3(C)CCOC3)cn2C)ccc1F. The van der Waals surface area contributed by atoms with Crippen LogP contribution in [0.1, 0.15) is 29.4 Å². The minimum atomic E-state index is -3.80. The van der Waals surface area contributed by atoms with Crippen LogP contribution in [-0.4, -0.2) is 37.6 Å². The number of aryl methyl sites for hydroxylation is 2. The molecule has 1 aliphatic heterocycles. The number of halogens is 1. The number of sulfonamides is 1. The Labute approximate surface area is 157 Å². The summed E-state index contributed by atoms with van der Waals surface area (Å²) < 4.78 is 48.1. The lowest BCUT2D eigenvalue weighted by atomic mass is 10.0. The van der Waals surface area contributed by atoms with Gasteiger partial charge in [-0.1, -0.05) is 0 Å². The van der Waals surface area contributed by atoms with E-state index in [1.54, 1.807) is 20.9 Å². The number of ether oxygens (including phenoxy) is 1. The lowest BCUT2D eigenvalue weighted by Crippen LogP contribution is -2.46. The molecule has 0 bridgehead atoms. The van der Waals surface area contributed by atoms with Gasteiger partial charge in [0.15, 0.2) is 0 Å². The van der Waals surface area contributed by atoms with Gasteiger partial charge >= 0.3 is 0 Å². The molecule has 1 unspecified atom stereocenters. The lowest BCUT2D eigenvalue weighted by molar-refractivity contribution is 0.101. The van der Waals surface area contributed by atoms with Crippen molar-refractivity contribution in [2.45, 2.75) is 30.7 Å². The lowest BCUT2D eigenvalue weighted by Gasteiger charge is -2.22. The number of hydrogen-bond donors (Lipinski definition) is 2. The molecule has 1 saturated heterocycles. The molecule has 2 N–H and O–H groups in total. The Morgan fingerprint density at radius 3 is 2.70 bits per heavy atom. The van der Waals surface area contributed by atoms with Gasteiger partial charge in [0.1, 0.15) is 16.4 Å². The number of nitrogens with one attached hydrogen (secondary N) is 2. The van der Waals surface area contributed by atoms with E-state index in [2.05, 4.69) is 10.0 Å². The van der Waals surface area contributed by atoms with Crippen LogP contribution < -0.4 is 10.0 Å². The van der Waals surface area contributed by atoms with E-state index < -0.39 is 21.5 Å². The number of carbonyl (C=O) groups excluding carboxylic acids is 1. The van der Waals surface area contributed by atoms with E-state index in [9.17, 15) is 17.6 Å². The Morgan fingerprint density at radius 2 is 2.07 bits per heavy atom. The fourth-order valence-electron chi connectivity index (χ4n) is 2.96. The van der Waals surface area contributed by atoms with Crippen molar-refractivity contribution in [2.75, 3.05) is 18.5 Å². The summed E-state index contributed by atoms with van der Waals surface area (Å²) in [6.07, 6.45) is 1.96. The fourth-order valence-corrected chi connectivity index (χ4v) is 4.45. The van der Waals surface area contributed by atoms with Crippen LogP contribution in [0.4, 0.5) is 10.1 Å². The second-order valence-corrected chi connectivity index (χ2v) is 8.74. The molecular weight excluding hydrogens is 373 g/mol. The molecule has 1 atom stereocenters. The molecule has 1 aromatic carbocycles. The number of carbonyl (C=O) groups is 1. The van der Waals surface area contributed by atoms with Crippen LogP contribution in [-0.2, 0) is 21.8 Å². The maximum atomic E-state index is 13.4. The molecule has 2 aromatic rings. The maximum absolute atomic E-state index is 13.4. The topological polar surface area (TPSA) is 89.4 Å². The van der Waals surface area contributed by atoms with Gasteiger partial charge < -0.3 is 14.6 Å². The van der Waals surface area contributed by atoms with Crippen molar-refractivity contribution < 1.29 is 22.3 Å². The van der Waals surface area contributed by atoms with Crippen molar-refractivity contribution >= 4 is 21.6 Å². The highest BCUT2D eigenvalue weighted by Crippen LogP contribution is 2.23. The molecule has 0 radical (unpaired) electrons.